The maximum absolute atomic E-state index is 10.8. The number of anilines is 1. The maximum Gasteiger partial charge on any atom is 0.358 e. The first-order valence-corrected chi connectivity index (χ1v) is 3.79. The Bertz CT molecular complexity index is 337. The minimum absolute atomic E-state index is 0.0533. The van der Waals surface area contributed by atoms with E-state index in [4.69, 9.17) is 10.8 Å². The van der Waals surface area contributed by atoms with Crippen LogP contribution >= 0.6 is 0 Å². The van der Waals surface area contributed by atoms with Crippen LogP contribution in [0.4, 0.5) is 5.82 Å². The molecule has 0 saturated heterocycles. The molecule has 0 bridgehead atoms. The molecule has 0 radical (unpaired) electrons. The molecular weight excluding hydrogens is 172 g/mol. The second-order valence-corrected chi connectivity index (χ2v) is 3.71. The first-order chi connectivity index (χ1) is 5.84. The van der Waals surface area contributed by atoms with E-state index in [0.29, 0.717) is 0 Å². The molecule has 1 aromatic heterocycles. The van der Waals surface area contributed by atoms with E-state index in [-0.39, 0.29) is 11.5 Å². The Morgan fingerprint density at radius 3 is 2.38 bits per heavy atom. The van der Waals surface area contributed by atoms with Crippen LogP contribution < -0.4 is 5.73 Å². The number of nitrogens with two attached hydrogens (primary N) is 1. The van der Waals surface area contributed by atoms with Crippen molar-refractivity contribution in [3.8, 4) is 0 Å². The molecule has 0 amide bonds. The van der Waals surface area contributed by atoms with Crippen LogP contribution in [0.15, 0.2) is 0 Å². The van der Waals surface area contributed by atoms with Gasteiger partial charge >= 0.3 is 5.97 Å². The molecule has 6 nitrogen and oxygen atoms in total. The van der Waals surface area contributed by atoms with Gasteiger partial charge in [0.15, 0.2) is 11.5 Å². The molecular formula is C7H12N4O2. The van der Waals surface area contributed by atoms with Crippen molar-refractivity contribution in [1.82, 2.24) is 15.0 Å². The lowest BCUT2D eigenvalue weighted by molar-refractivity contribution is 0.0676. The zero-order valence-electron chi connectivity index (χ0n) is 7.77. The second kappa shape index (κ2) is 2.72. The lowest BCUT2D eigenvalue weighted by atomic mass is 10.1. The number of carbonyl (C=O) groups is 1. The molecule has 0 aliphatic carbocycles. The van der Waals surface area contributed by atoms with E-state index in [9.17, 15) is 4.79 Å². The highest BCUT2D eigenvalue weighted by atomic mass is 16.4. The molecule has 0 spiro atoms. The zero-order chi connectivity index (χ0) is 10.2. The third-order valence-corrected chi connectivity index (χ3v) is 1.53. The van der Waals surface area contributed by atoms with Crippen LogP contribution in [-0.2, 0) is 5.54 Å². The number of rotatable bonds is 1. The molecule has 0 aromatic carbocycles. The third-order valence-electron chi connectivity index (χ3n) is 1.53. The van der Waals surface area contributed by atoms with Crippen molar-refractivity contribution in [3.63, 3.8) is 0 Å². The third kappa shape index (κ3) is 1.61. The van der Waals surface area contributed by atoms with E-state index >= 15 is 0 Å². The molecule has 1 rings (SSSR count). The Hall–Kier alpha value is -1.59. The minimum atomic E-state index is -1.11. The summed E-state index contributed by atoms with van der Waals surface area (Å²) >= 11 is 0. The fourth-order valence-electron chi connectivity index (χ4n) is 0.963. The Kier molecular flexibility index (Phi) is 1.99. The molecule has 0 aliphatic rings. The number of aromatic carboxylic acids is 1. The summed E-state index contributed by atoms with van der Waals surface area (Å²) in [5.74, 6) is -1.17. The summed E-state index contributed by atoms with van der Waals surface area (Å²) in [6, 6.07) is 0. The van der Waals surface area contributed by atoms with Crippen LogP contribution in [0.25, 0.3) is 0 Å². The molecule has 13 heavy (non-hydrogen) atoms. The van der Waals surface area contributed by atoms with Gasteiger partial charge in [0, 0.05) is 0 Å². The monoisotopic (exact) mass is 184 g/mol. The van der Waals surface area contributed by atoms with E-state index in [2.05, 4.69) is 10.3 Å². The van der Waals surface area contributed by atoms with Gasteiger partial charge in [-0.25, -0.2) is 9.48 Å². The van der Waals surface area contributed by atoms with Crippen molar-refractivity contribution in [2.45, 2.75) is 26.3 Å². The van der Waals surface area contributed by atoms with Crippen LogP contribution in [-0.4, -0.2) is 26.1 Å². The Morgan fingerprint density at radius 1 is 1.54 bits per heavy atom. The van der Waals surface area contributed by atoms with Gasteiger partial charge in [-0.2, -0.15) is 0 Å². The quantitative estimate of drug-likeness (QED) is 0.655. The number of aromatic nitrogens is 3. The highest BCUT2D eigenvalue weighted by molar-refractivity contribution is 5.90. The molecule has 0 aliphatic heterocycles. The predicted octanol–water partition coefficient (Wildman–Crippen LogP) is 0.314. The van der Waals surface area contributed by atoms with Crippen LogP contribution in [0.5, 0.6) is 0 Å². The maximum atomic E-state index is 10.8. The van der Waals surface area contributed by atoms with E-state index < -0.39 is 11.5 Å². The molecule has 0 fully saturated rings. The molecule has 72 valence electrons. The second-order valence-electron chi connectivity index (χ2n) is 3.71. The number of carboxylic acids is 1. The van der Waals surface area contributed by atoms with Crippen LogP contribution in [0.1, 0.15) is 31.3 Å². The van der Waals surface area contributed by atoms with E-state index in [1.165, 1.54) is 4.68 Å². The standard InChI is InChI=1S/C7H12N4O2/c1-7(2,3)11-4(6(12)13)5(8)9-10-11/h8H2,1-3H3,(H,12,13). The van der Waals surface area contributed by atoms with Gasteiger partial charge in [0.1, 0.15) is 0 Å². The molecule has 1 aromatic rings. The number of nitrogens with zero attached hydrogens (tertiary/aromatic N) is 3. The van der Waals surface area contributed by atoms with Crippen molar-refractivity contribution >= 4 is 11.8 Å². The van der Waals surface area contributed by atoms with Gasteiger partial charge in [0.25, 0.3) is 0 Å². The summed E-state index contributed by atoms with van der Waals surface area (Å²) in [7, 11) is 0. The van der Waals surface area contributed by atoms with Crippen molar-refractivity contribution in [1.29, 1.82) is 0 Å². The van der Waals surface area contributed by atoms with Gasteiger partial charge in [0.2, 0.25) is 0 Å². The van der Waals surface area contributed by atoms with Crippen LogP contribution in [0.2, 0.25) is 0 Å². The fourth-order valence-corrected chi connectivity index (χ4v) is 0.963. The molecule has 3 N–H and O–H groups in total. The van der Waals surface area contributed by atoms with Gasteiger partial charge < -0.3 is 10.8 Å². The van der Waals surface area contributed by atoms with Gasteiger partial charge in [-0.05, 0) is 20.8 Å². The summed E-state index contributed by atoms with van der Waals surface area (Å²) < 4.78 is 1.30. The summed E-state index contributed by atoms with van der Waals surface area (Å²) in [5.41, 5.74) is 4.87. The van der Waals surface area contributed by atoms with Crippen LogP contribution in [0.3, 0.4) is 0 Å². The average molecular weight is 184 g/mol. The Balaban J connectivity index is 3.31. The van der Waals surface area contributed by atoms with Gasteiger partial charge in [-0.3, -0.25) is 0 Å². The summed E-state index contributed by atoms with van der Waals surface area (Å²) in [6.07, 6.45) is 0. The van der Waals surface area contributed by atoms with Crippen molar-refractivity contribution in [3.05, 3.63) is 5.69 Å². The zero-order valence-corrected chi connectivity index (χ0v) is 7.77. The van der Waals surface area contributed by atoms with Gasteiger partial charge in [0.05, 0.1) is 5.54 Å². The number of hydrogen-bond donors (Lipinski definition) is 2. The lowest BCUT2D eigenvalue weighted by Gasteiger charge is -2.19. The van der Waals surface area contributed by atoms with Gasteiger partial charge in [-0.1, -0.05) is 5.21 Å². The topological polar surface area (TPSA) is 94.0 Å². The number of carboxylic acid groups (broad SMARTS) is 1. The first-order valence-electron chi connectivity index (χ1n) is 3.79. The van der Waals surface area contributed by atoms with Crippen LogP contribution in [0, 0.1) is 0 Å². The SMILES string of the molecule is CC(C)(C)n1nnc(N)c1C(=O)O. The van der Waals surface area contributed by atoms with Crippen molar-refractivity contribution < 1.29 is 9.90 Å². The van der Waals surface area contributed by atoms with E-state index in [1.54, 1.807) is 0 Å². The lowest BCUT2D eigenvalue weighted by Crippen LogP contribution is -2.27. The Labute approximate surface area is 75.3 Å². The van der Waals surface area contributed by atoms with Crippen molar-refractivity contribution in [2.24, 2.45) is 0 Å². The first kappa shape index (κ1) is 9.50. The molecule has 6 heteroatoms. The fraction of sp³-hybridized carbons (Fsp3) is 0.571. The highest BCUT2D eigenvalue weighted by Gasteiger charge is 2.25. The molecule has 0 atom stereocenters. The van der Waals surface area contributed by atoms with Gasteiger partial charge in [-0.15, -0.1) is 5.10 Å². The molecule has 0 unspecified atom stereocenters. The summed E-state index contributed by atoms with van der Waals surface area (Å²) in [4.78, 5) is 10.8. The predicted molar refractivity (Wildman–Crippen MR) is 46.4 cm³/mol. The van der Waals surface area contributed by atoms with E-state index in [1.807, 2.05) is 20.8 Å². The normalized spacial score (nSPS) is 11.6. The molecule has 1 heterocycles. The summed E-state index contributed by atoms with van der Waals surface area (Å²) in [6.45, 7) is 5.48. The smallest absolute Gasteiger partial charge is 0.358 e. The Morgan fingerprint density at radius 2 is 2.08 bits per heavy atom. The average Bonchev–Trinajstić information content (AvgIpc) is 2.28. The van der Waals surface area contributed by atoms with E-state index in [0.717, 1.165) is 0 Å². The summed E-state index contributed by atoms with van der Waals surface area (Å²) in [5, 5.41) is 16.0. The highest BCUT2D eigenvalue weighted by Crippen LogP contribution is 2.18. The number of nitrogen functional groups attached to an aromatic ring is 1. The largest absolute Gasteiger partial charge is 0.476 e. The molecule has 0 saturated carbocycles. The van der Waals surface area contributed by atoms with Crippen molar-refractivity contribution in [2.75, 3.05) is 5.73 Å². The minimum Gasteiger partial charge on any atom is -0.476 e. The number of hydrogen-bond acceptors (Lipinski definition) is 4.